The number of nitrogens with zero attached hydrogens (tertiary/aromatic N) is 3. The molecule has 0 aliphatic heterocycles. The molecule has 0 saturated heterocycles. The van der Waals surface area contributed by atoms with Crippen LogP contribution in [0.5, 0.6) is 5.75 Å². The summed E-state index contributed by atoms with van der Waals surface area (Å²) in [5.74, 6) is 1.18. The van der Waals surface area contributed by atoms with Crippen molar-refractivity contribution in [3.63, 3.8) is 0 Å². The van der Waals surface area contributed by atoms with Crippen LogP contribution in [0.25, 0.3) is 11.5 Å². The Kier molecular flexibility index (Phi) is 5.94. The first-order valence-electron chi connectivity index (χ1n) is 9.75. The lowest BCUT2D eigenvalue weighted by Gasteiger charge is -2.22. The summed E-state index contributed by atoms with van der Waals surface area (Å²) in [7, 11) is 0. The van der Waals surface area contributed by atoms with Crippen molar-refractivity contribution in [2.75, 3.05) is 5.32 Å². The van der Waals surface area contributed by atoms with Gasteiger partial charge in [-0.15, -0.1) is 0 Å². The minimum Gasteiger partial charge on any atom is -0.489 e. The predicted molar refractivity (Wildman–Crippen MR) is 106 cm³/mol. The van der Waals surface area contributed by atoms with Crippen LogP contribution in [0.2, 0.25) is 0 Å². The summed E-state index contributed by atoms with van der Waals surface area (Å²) in [6.45, 7) is 1.99. The van der Waals surface area contributed by atoms with Gasteiger partial charge in [-0.2, -0.15) is 13.2 Å². The van der Waals surface area contributed by atoms with Crippen molar-refractivity contribution in [1.82, 2.24) is 15.1 Å². The molecular formula is C20H21F3N4O2S. The van der Waals surface area contributed by atoms with E-state index in [1.165, 1.54) is 19.3 Å². The predicted octanol–water partition coefficient (Wildman–Crippen LogP) is 5.84. The molecule has 0 atom stereocenters. The molecule has 10 heteroatoms. The zero-order valence-electron chi connectivity index (χ0n) is 16.3. The van der Waals surface area contributed by atoms with E-state index in [1.54, 1.807) is 19.2 Å². The SMILES string of the molecule is Cc1noc(-c2ccc(OC3CCCCC3)cn2)c1CNc1ncc(C(F)(F)F)s1. The summed E-state index contributed by atoms with van der Waals surface area (Å²) in [6.07, 6.45) is 4.08. The number of hydrogen-bond donors (Lipinski definition) is 1. The Morgan fingerprint density at radius 3 is 2.63 bits per heavy atom. The van der Waals surface area contributed by atoms with Crippen LogP contribution in [0.15, 0.2) is 29.0 Å². The Morgan fingerprint density at radius 1 is 1.17 bits per heavy atom. The number of nitrogens with one attached hydrogen (secondary N) is 1. The van der Waals surface area contributed by atoms with Crippen LogP contribution in [-0.4, -0.2) is 21.2 Å². The first-order chi connectivity index (χ1) is 14.4. The lowest BCUT2D eigenvalue weighted by atomic mass is 9.98. The minimum absolute atomic E-state index is 0.179. The van der Waals surface area contributed by atoms with Crippen LogP contribution < -0.4 is 10.1 Å². The van der Waals surface area contributed by atoms with Gasteiger partial charge in [-0.05, 0) is 44.7 Å². The molecule has 1 saturated carbocycles. The molecule has 0 spiro atoms. The highest BCUT2D eigenvalue weighted by Gasteiger charge is 2.33. The van der Waals surface area contributed by atoms with Gasteiger partial charge in [0.15, 0.2) is 10.9 Å². The van der Waals surface area contributed by atoms with Crippen LogP contribution >= 0.6 is 11.3 Å². The third-order valence-electron chi connectivity index (χ3n) is 5.01. The minimum atomic E-state index is -4.40. The number of thiazole rings is 1. The molecule has 3 heterocycles. The molecule has 1 aliphatic carbocycles. The first kappa shape index (κ1) is 20.6. The van der Waals surface area contributed by atoms with Crippen LogP contribution in [0.3, 0.4) is 0 Å². The molecule has 1 N–H and O–H groups in total. The fourth-order valence-electron chi connectivity index (χ4n) is 3.41. The zero-order chi connectivity index (χ0) is 21.1. The van der Waals surface area contributed by atoms with Crippen LogP contribution in [0.1, 0.15) is 48.2 Å². The maximum Gasteiger partial charge on any atom is 0.427 e. The molecule has 0 aromatic carbocycles. The van der Waals surface area contributed by atoms with Crippen molar-refractivity contribution in [2.45, 2.75) is 57.9 Å². The first-order valence-corrected chi connectivity index (χ1v) is 10.6. The average molecular weight is 438 g/mol. The van der Waals surface area contributed by atoms with Crippen molar-refractivity contribution in [1.29, 1.82) is 0 Å². The van der Waals surface area contributed by atoms with E-state index in [2.05, 4.69) is 20.4 Å². The van der Waals surface area contributed by atoms with Crippen LogP contribution in [0, 0.1) is 6.92 Å². The van der Waals surface area contributed by atoms with Gasteiger partial charge in [0.25, 0.3) is 0 Å². The van der Waals surface area contributed by atoms with E-state index in [0.29, 0.717) is 39.8 Å². The fourth-order valence-corrected chi connectivity index (χ4v) is 4.09. The van der Waals surface area contributed by atoms with Gasteiger partial charge in [-0.1, -0.05) is 22.9 Å². The zero-order valence-corrected chi connectivity index (χ0v) is 17.1. The number of pyridine rings is 1. The van der Waals surface area contributed by atoms with Gasteiger partial charge in [0, 0.05) is 12.1 Å². The molecule has 0 amide bonds. The smallest absolute Gasteiger partial charge is 0.427 e. The van der Waals surface area contributed by atoms with Gasteiger partial charge in [-0.25, -0.2) is 9.97 Å². The lowest BCUT2D eigenvalue weighted by Crippen LogP contribution is -2.19. The van der Waals surface area contributed by atoms with E-state index in [4.69, 9.17) is 9.26 Å². The molecule has 0 unspecified atom stereocenters. The van der Waals surface area contributed by atoms with Gasteiger partial charge < -0.3 is 14.6 Å². The maximum atomic E-state index is 12.7. The normalized spacial score (nSPS) is 15.3. The lowest BCUT2D eigenvalue weighted by molar-refractivity contribution is -0.134. The number of ether oxygens (including phenoxy) is 1. The quantitative estimate of drug-likeness (QED) is 0.521. The van der Waals surface area contributed by atoms with Gasteiger partial charge in [0.2, 0.25) is 0 Å². The topological polar surface area (TPSA) is 73.1 Å². The summed E-state index contributed by atoms with van der Waals surface area (Å²) in [5.41, 5.74) is 1.93. The number of alkyl halides is 3. The number of aromatic nitrogens is 3. The second kappa shape index (κ2) is 8.63. The summed E-state index contributed by atoms with van der Waals surface area (Å²) >= 11 is 0.557. The highest BCUT2D eigenvalue weighted by Crippen LogP contribution is 2.35. The second-order valence-corrected chi connectivity index (χ2v) is 8.24. The van der Waals surface area contributed by atoms with Crippen molar-refractivity contribution in [3.05, 3.63) is 40.7 Å². The Hall–Kier alpha value is -2.62. The largest absolute Gasteiger partial charge is 0.489 e. The maximum absolute atomic E-state index is 12.7. The Balaban J connectivity index is 1.44. The molecule has 0 radical (unpaired) electrons. The van der Waals surface area contributed by atoms with Crippen molar-refractivity contribution < 1.29 is 22.4 Å². The van der Waals surface area contributed by atoms with Crippen molar-refractivity contribution in [3.8, 4) is 17.2 Å². The van der Waals surface area contributed by atoms with E-state index in [-0.39, 0.29) is 17.8 Å². The number of aryl methyl sites for hydroxylation is 1. The van der Waals surface area contributed by atoms with Crippen molar-refractivity contribution in [2.24, 2.45) is 0 Å². The Bertz CT molecular complexity index is 979. The summed E-state index contributed by atoms with van der Waals surface area (Å²) < 4.78 is 49.7. The summed E-state index contributed by atoms with van der Waals surface area (Å²) in [4.78, 5) is 7.47. The van der Waals surface area contributed by atoms with Crippen molar-refractivity contribution >= 4 is 16.5 Å². The number of anilines is 1. The standard InChI is InChI=1S/C20H21F3N4O2S/c1-12-15(10-25-19-26-11-17(30-19)20(21,22)23)18(29-27-12)16-8-7-14(9-24-16)28-13-5-3-2-4-6-13/h7-9,11,13H,2-6,10H2,1H3,(H,25,26). The molecule has 6 nitrogen and oxygen atoms in total. The molecule has 3 aromatic heterocycles. The van der Waals surface area contributed by atoms with E-state index in [1.807, 2.05) is 6.07 Å². The molecule has 4 rings (SSSR count). The Labute approximate surface area is 175 Å². The number of halogens is 3. The number of rotatable bonds is 6. The molecule has 160 valence electrons. The average Bonchev–Trinajstić information content (AvgIpc) is 3.35. The fraction of sp³-hybridized carbons (Fsp3) is 0.450. The summed E-state index contributed by atoms with van der Waals surface area (Å²) in [6, 6.07) is 3.65. The molecule has 1 aliphatic rings. The highest BCUT2D eigenvalue weighted by atomic mass is 32.1. The Morgan fingerprint density at radius 2 is 1.97 bits per heavy atom. The van der Waals surface area contributed by atoms with Gasteiger partial charge >= 0.3 is 6.18 Å². The van der Waals surface area contributed by atoms with Gasteiger partial charge in [0.1, 0.15) is 16.3 Å². The molecule has 30 heavy (non-hydrogen) atoms. The molecule has 3 aromatic rings. The third kappa shape index (κ3) is 4.75. The van der Waals surface area contributed by atoms with E-state index in [0.717, 1.165) is 19.0 Å². The van der Waals surface area contributed by atoms with Crippen LogP contribution in [0.4, 0.5) is 18.3 Å². The van der Waals surface area contributed by atoms with Gasteiger partial charge in [0.05, 0.1) is 24.2 Å². The second-order valence-electron chi connectivity index (χ2n) is 7.21. The van der Waals surface area contributed by atoms with E-state index < -0.39 is 11.1 Å². The third-order valence-corrected chi connectivity index (χ3v) is 6.01. The molecule has 1 fully saturated rings. The highest BCUT2D eigenvalue weighted by molar-refractivity contribution is 7.15. The molecular weight excluding hydrogens is 417 g/mol. The molecule has 0 bridgehead atoms. The van der Waals surface area contributed by atoms with E-state index >= 15 is 0 Å². The number of hydrogen-bond acceptors (Lipinski definition) is 7. The van der Waals surface area contributed by atoms with Crippen LogP contribution in [-0.2, 0) is 12.7 Å². The monoisotopic (exact) mass is 438 g/mol. The van der Waals surface area contributed by atoms with Gasteiger partial charge in [-0.3, -0.25) is 0 Å². The van der Waals surface area contributed by atoms with E-state index in [9.17, 15) is 13.2 Å². The summed E-state index contributed by atoms with van der Waals surface area (Å²) in [5, 5.41) is 7.07.